The normalized spacial score (nSPS) is 18.2. The summed E-state index contributed by atoms with van der Waals surface area (Å²) in [6.45, 7) is 2.12. The fraction of sp³-hybridized carbons (Fsp3) is 0.381. The molecule has 1 aliphatic heterocycles. The van der Waals surface area contributed by atoms with Crippen molar-refractivity contribution >= 4 is 21.6 Å². The number of carbonyl (C=O) groups is 1. The third kappa shape index (κ3) is 5.84. The van der Waals surface area contributed by atoms with Gasteiger partial charge in [-0.2, -0.15) is 13.2 Å². The number of alkyl halides is 3. The van der Waals surface area contributed by atoms with Crippen LogP contribution in [0.25, 0.3) is 0 Å². The minimum Gasteiger partial charge on any atom is -0.348 e. The van der Waals surface area contributed by atoms with Crippen molar-refractivity contribution in [2.45, 2.75) is 38.0 Å². The molecule has 0 bridgehead atoms. The van der Waals surface area contributed by atoms with Gasteiger partial charge in [-0.1, -0.05) is 24.3 Å². The van der Waals surface area contributed by atoms with Crippen LogP contribution in [-0.2, 0) is 16.0 Å². The Hall–Kier alpha value is -2.95. The van der Waals surface area contributed by atoms with Gasteiger partial charge in [-0.25, -0.2) is 18.4 Å². The summed E-state index contributed by atoms with van der Waals surface area (Å²) in [5.74, 6) is -0.166. The van der Waals surface area contributed by atoms with Crippen LogP contribution in [0.1, 0.15) is 47.4 Å². The van der Waals surface area contributed by atoms with Crippen LogP contribution < -0.4 is 10.2 Å². The summed E-state index contributed by atoms with van der Waals surface area (Å²) in [6, 6.07) is 4.45. The average molecular weight is 469 g/mol. The molecule has 7 nitrogen and oxygen atoms in total. The van der Waals surface area contributed by atoms with E-state index in [2.05, 4.69) is 15.3 Å². The lowest BCUT2D eigenvalue weighted by atomic mass is 9.98. The number of nitrogens with zero attached hydrogens (tertiary/aromatic N) is 3. The minimum absolute atomic E-state index is 0.0137. The maximum atomic E-state index is 13.5. The second-order valence-electron chi connectivity index (χ2n) is 7.62. The van der Waals surface area contributed by atoms with Crippen molar-refractivity contribution in [2.24, 2.45) is 0 Å². The zero-order valence-electron chi connectivity index (χ0n) is 17.5. The van der Waals surface area contributed by atoms with E-state index in [0.29, 0.717) is 25.2 Å². The van der Waals surface area contributed by atoms with Crippen molar-refractivity contribution < 1.29 is 26.4 Å². The number of hydrogen-bond acceptors (Lipinski definition) is 6. The van der Waals surface area contributed by atoms with Gasteiger partial charge in [0, 0.05) is 24.3 Å². The molecular formula is C21H23F3N4O3S. The van der Waals surface area contributed by atoms with Crippen molar-refractivity contribution in [1.82, 2.24) is 15.3 Å². The Balaban J connectivity index is 1.76. The summed E-state index contributed by atoms with van der Waals surface area (Å²) < 4.78 is 62.7. The maximum Gasteiger partial charge on any atom is 0.416 e. The first-order valence-corrected chi connectivity index (χ1v) is 11.8. The zero-order chi connectivity index (χ0) is 23.5. The number of anilines is 1. The van der Waals surface area contributed by atoms with Gasteiger partial charge in [0.05, 0.1) is 24.0 Å². The molecule has 0 aliphatic carbocycles. The van der Waals surface area contributed by atoms with Crippen LogP contribution in [0, 0.1) is 0 Å². The summed E-state index contributed by atoms with van der Waals surface area (Å²) in [6.07, 6.45) is 1.78. The second-order valence-corrected chi connectivity index (χ2v) is 9.55. The van der Waals surface area contributed by atoms with Gasteiger partial charge >= 0.3 is 6.18 Å². The maximum absolute atomic E-state index is 13.5. The molecule has 2 heterocycles. The number of hydrogen-bond donors (Lipinski definition) is 1. The number of benzene rings is 1. The smallest absolute Gasteiger partial charge is 0.348 e. The molecule has 0 radical (unpaired) electrons. The monoisotopic (exact) mass is 468 g/mol. The minimum atomic E-state index is -4.46. The zero-order valence-corrected chi connectivity index (χ0v) is 18.3. The van der Waals surface area contributed by atoms with E-state index in [4.69, 9.17) is 0 Å². The van der Waals surface area contributed by atoms with E-state index >= 15 is 0 Å². The van der Waals surface area contributed by atoms with Gasteiger partial charge in [0.15, 0.2) is 9.84 Å². The summed E-state index contributed by atoms with van der Waals surface area (Å²) in [5.41, 5.74) is -0.468. The van der Waals surface area contributed by atoms with Gasteiger partial charge in [0.2, 0.25) is 0 Å². The topological polar surface area (TPSA) is 92.3 Å². The number of nitrogens with one attached hydrogen (secondary N) is 1. The molecule has 1 N–H and O–H groups in total. The van der Waals surface area contributed by atoms with E-state index in [-0.39, 0.29) is 11.3 Å². The highest BCUT2D eigenvalue weighted by molar-refractivity contribution is 7.93. The van der Waals surface area contributed by atoms with Crippen molar-refractivity contribution in [3.63, 3.8) is 0 Å². The second kappa shape index (κ2) is 9.27. The molecule has 1 aromatic carbocycles. The third-order valence-corrected chi connectivity index (χ3v) is 5.67. The Labute approximate surface area is 184 Å². The van der Waals surface area contributed by atoms with Crippen LogP contribution in [-0.4, -0.2) is 43.1 Å². The third-order valence-electron chi connectivity index (χ3n) is 5.02. The lowest BCUT2D eigenvalue weighted by Gasteiger charge is -2.28. The number of carbonyl (C=O) groups excluding carboxylic acids is 1. The van der Waals surface area contributed by atoms with Crippen molar-refractivity contribution in [3.8, 4) is 0 Å². The molecule has 2 atom stereocenters. The van der Waals surface area contributed by atoms with E-state index in [9.17, 15) is 26.4 Å². The first kappa shape index (κ1) is 23.7. The van der Waals surface area contributed by atoms with E-state index in [0.717, 1.165) is 17.7 Å². The molecule has 2 aromatic rings. The predicted molar refractivity (Wildman–Crippen MR) is 114 cm³/mol. The van der Waals surface area contributed by atoms with Gasteiger partial charge in [-0.05, 0) is 31.4 Å². The lowest BCUT2D eigenvalue weighted by Crippen LogP contribution is -2.32. The Bertz CT molecular complexity index is 1100. The number of aromatic nitrogens is 2. The average Bonchev–Trinajstić information content (AvgIpc) is 3.21. The molecule has 0 unspecified atom stereocenters. The summed E-state index contributed by atoms with van der Waals surface area (Å²) in [5, 5.41) is 3.58. The van der Waals surface area contributed by atoms with Gasteiger partial charge in [-0.3, -0.25) is 4.79 Å². The molecule has 1 aromatic heterocycles. The van der Waals surface area contributed by atoms with Crippen molar-refractivity contribution in [1.29, 1.82) is 0 Å². The Morgan fingerprint density at radius 3 is 2.59 bits per heavy atom. The molecule has 1 saturated heterocycles. The predicted octanol–water partition coefficient (Wildman–Crippen LogP) is 3.51. The Morgan fingerprint density at radius 2 is 1.97 bits per heavy atom. The number of amides is 1. The highest BCUT2D eigenvalue weighted by Gasteiger charge is 2.38. The molecule has 172 valence electrons. The molecule has 11 heteroatoms. The Morgan fingerprint density at radius 1 is 1.25 bits per heavy atom. The summed E-state index contributed by atoms with van der Waals surface area (Å²) in [7, 11) is -3.31. The van der Waals surface area contributed by atoms with Gasteiger partial charge in [-0.15, -0.1) is 0 Å². The van der Waals surface area contributed by atoms with Gasteiger partial charge in [0.1, 0.15) is 11.5 Å². The first-order valence-electron chi connectivity index (χ1n) is 9.89. The number of rotatable bonds is 6. The lowest BCUT2D eigenvalue weighted by molar-refractivity contribution is -0.138. The van der Waals surface area contributed by atoms with Gasteiger partial charge < -0.3 is 10.2 Å². The van der Waals surface area contributed by atoms with Crippen LogP contribution in [0.3, 0.4) is 0 Å². The SMILES string of the molecule is C[C@H](/C=C/S(C)(=O)=O)NC(=O)c1cnc(N2CCC[C@H]2c2ccccc2C(F)(F)F)cn1. The molecule has 0 spiro atoms. The molecule has 0 saturated carbocycles. The molecule has 1 amide bonds. The fourth-order valence-electron chi connectivity index (χ4n) is 3.59. The van der Waals surface area contributed by atoms with E-state index in [1.54, 1.807) is 17.9 Å². The summed E-state index contributed by atoms with van der Waals surface area (Å²) >= 11 is 0. The largest absolute Gasteiger partial charge is 0.416 e. The molecule has 1 fully saturated rings. The quantitative estimate of drug-likeness (QED) is 0.698. The molecule has 1 aliphatic rings. The van der Waals surface area contributed by atoms with Crippen LogP contribution in [0.15, 0.2) is 48.1 Å². The number of halogens is 3. The summed E-state index contributed by atoms with van der Waals surface area (Å²) in [4.78, 5) is 22.4. The highest BCUT2D eigenvalue weighted by atomic mass is 32.2. The molecular weight excluding hydrogens is 445 g/mol. The molecule has 3 rings (SSSR count). The fourth-order valence-corrected chi connectivity index (χ4v) is 4.11. The van der Waals surface area contributed by atoms with Crippen molar-refractivity contribution in [2.75, 3.05) is 17.7 Å². The van der Waals surface area contributed by atoms with E-state index in [1.807, 2.05) is 0 Å². The number of sulfone groups is 1. The van der Waals surface area contributed by atoms with Crippen LogP contribution in [0.5, 0.6) is 0 Å². The standard InChI is InChI=1S/C21H23F3N4O3S/c1-14(9-11-32(2,30)31)27-20(29)17-12-26-19(13-25-17)28-10-5-8-18(28)15-6-3-4-7-16(15)21(22,23)24/h3-4,6-7,9,11-14,18H,5,8,10H2,1-2H3,(H,27,29)/b11-9+/t14-,18+/m1/s1. The van der Waals surface area contributed by atoms with Crippen LogP contribution in [0.4, 0.5) is 19.0 Å². The van der Waals surface area contributed by atoms with Crippen LogP contribution in [0.2, 0.25) is 0 Å². The highest BCUT2D eigenvalue weighted by Crippen LogP contribution is 2.41. The Kier molecular flexibility index (Phi) is 6.87. The van der Waals surface area contributed by atoms with E-state index < -0.39 is 39.6 Å². The van der Waals surface area contributed by atoms with Crippen LogP contribution >= 0.6 is 0 Å². The molecule has 32 heavy (non-hydrogen) atoms. The first-order chi connectivity index (χ1) is 15.0. The van der Waals surface area contributed by atoms with E-state index in [1.165, 1.54) is 30.6 Å². The van der Waals surface area contributed by atoms with Crippen molar-refractivity contribution in [3.05, 3.63) is 65.0 Å². The van der Waals surface area contributed by atoms with Gasteiger partial charge in [0.25, 0.3) is 5.91 Å².